The Morgan fingerprint density at radius 1 is 1.06 bits per heavy atom. The van der Waals surface area contributed by atoms with E-state index in [4.69, 9.17) is 0 Å². The normalized spacial score (nSPS) is 14.9. The van der Waals surface area contributed by atoms with Crippen molar-refractivity contribution < 1.29 is 33.0 Å². The van der Waals surface area contributed by atoms with Gasteiger partial charge in [-0.2, -0.15) is 28.4 Å². The molecule has 3 aromatic carbocycles. The van der Waals surface area contributed by atoms with Gasteiger partial charge in [-0.25, -0.2) is 4.79 Å². The number of anilines is 2. The van der Waals surface area contributed by atoms with Crippen LogP contribution in [0.25, 0.3) is 11.1 Å². The molecule has 0 saturated carbocycles. The highest BCUT2D eigenvalue weighted by atomic mass is 19.4. The van der Waals surface area contributed by atoms with E-state index in [9.17, 15) is 33.0 Å². The Balaban J connectivity index is 1.57. The van der Waals surface area contributed by atoms with Crippen molar-refractivity contribution in [3.05, 3.63) is 77.9 Å². The van der Waals surface area contributed by atoms with Gasteiger partial charge in [0.1, 0.15) is 5.75 Å². The van der Waals surface area contributed by atoms with Crippen LogP contribution < -0.4 is 10.4 Å². The first kappa shape index (κ1) is 23.5. The highest BCUT2D eigenvalue weighted by Gasteiger charge is 2.33. The number of aromatic carboxylic acids is 1. The van der Waals surface area contributed by atoms with E-state index in [0.717, 1.165) is 29.3 Å². The molecule has 3 N–H and O–H groups in total. The lowest BCUT2D eigenvalue weighted by Crippen LogP contribution is -2.28. The third-order valence-electron chi connectivity index (χ3n) is 5.17. The molecule has 0 aromatic heterocycles. The summed E-state index contributed by atoms with van der Waals surface area (Å²) in [5, 5.41) is 28.9. The molecule has 4 rings (SSSR count). The molecule has 11 heteroatoms. The topological polar surface area (TPSA) is 115 Å². The number of halogens is 3. The summed E-state index contributed by atoms with van der Waals surface area (Å²) in [6.45, 7) is 1.51. The Labute approximate surface area is 196 Å². The predicted molar refractivity (Wildman–Crippen MR) is 124 cm³/mol. The Hall–Kier alpha value is -4.67. The Morgan fingerprint density at radius 3 is 2.40 bits per heavy atom. The number of hydrogen-bond acceptors (Lipinski definition) is 6. The fourth-order valence-corrected chi connectivity index (χ4v) is 3.40. The molecule has 0 unspecified atom stereocenters. The van der Waals surface area contributed by atoms with E-state index >= 15 is 0 Å². The Morgan fingerprint density at radius 2 is 1.74 bits per heavy atom. The third-order valence-corrected chi connectivity index (χ3v) is 5.17. The molecule has 0 bridgehead atoms. The number of carboxylic acids is 1. The molecule has 0 spiro atoms. The largest absolute Gasteiger partial charge is 0.505 e. The van der Waals surface area contributed by atoms with Gasteiger partial charge in [0.2, 0.25) is 0 Å². The number of nitrogens with zero attached hydrogens (tertiary/aromatic N) is 3. The number of benzene rings is 3. The average Bonchev–Trinajstić information content (AvgIpc) is 3.11. The quantitative estimate of drug-likeness (QED) is 0.351. The van der Waals surface area contributed by atoms with E-state index in [1.54, 1.807) is 24.3 Å². The second-order valence-corrected chi connectivity index (χ2v) is 7.51. The molecule has 178 valence electrons. The third kappa shape index (κ3) is 4.69. The molecule has 35 heavy (non-hydrogen) atoms. The maximum absolute atomic E-state index is 12.8. The minimum atomic E-state index is -4.51. The first-order valence-electron chi connectivity index (χ1n) is 10.1. The standard InChI is InChI=1S/C24H17F3N4O4/c1-13-20(22(33)31(30-13)17-10-8-16(9-11-17)24(25,26)27)29-28-19-7-3-6-18(21(19)32)14-4-2-5-15(12-14)23(34)35/h2-12,28,32H,1H3,(H,34,35). The molecule has 0 radical (unpaired) electrons. The molecule has 1 heterocycles. The fraction of sp³-hybridized carbons (Fsp3) is 0.0833. The van der Waals surface area contributed by atoms with Gasteiger partial charge < -0.3 is 10.2 Å². The van der Waals surface area contributed by atoms with Crippen LogP contribution in [0.3, 0.4) is 0 Å². The van der Waals surface area contributed by atoms with Crippen molar-refractivity contribution in [2.45, 2.75) is 13.1 Å². The number of alkyl halides is 3. The van der Waals surface area contributed by atoms with Gasteiger partial charge in [0.25, 0.3) is 0 Å². The number of hydrazone groups is 2. The predicted octanol–water partition coefficient (Wildman–Crippen LogP) is 4.97. The molecule has 0 saturated heterocycles. The summed E-state index contributed by atoms with van der Waals surface area (Å²) in [5.41, 5.74) is 3.00. The van der Waals surface area contributed by atoms with Crippen molar-refractivity contribution in [1.29, 1.82) is 0 Å². The molecule has 0 fully saturated rings. The zero-order valence-electron chi connectivity index (χ0n) is 18.0. The van der Waals surface area contributed by atoms with Crippen molar-refractivity contribution in [2.24, 2.45) is 10.2 Å². The second-order valence-electron chi connectivity index (χ2n) is 7.51. The zero-order chi connectivity index (χ0) is 25.3. The number of phenols is 1. The smallest absolute Gasteiger partial charge is 0.416 e. The van der Waals surface area contributed by atoms with Gasteiger partial charge in [0.15, 0.2) is 5.71 Å². The van der Waals surface area contributed by atoms with Crippen LogP contribution in [0.15, 0.2) is 76.9 Å². The van der Waals surface area contributed by atoms with Gasteiger partial charge in [0, 0.05) is 5.56 Å². The van der Waals surface area contributed by atoms with E-state index < -0.39 is 23.6 Å². The molecular formula is C24H17F3N4O4. The van der Waals surface area contributed by atoms with Crippen LogP contribution in [0.1, 0.15) is 22.8 Å². The number of rotatable bonds is 5. The van der Waals surface area contributed by atoms with Crippen molar-refractivity contribution in [1.82, 2.24) is 0 Å². The summed E-state index contributed by atoms with van der Waals surface area (Å²) in [6.07, 6.45) is -4.51. The van der Waals surface area contributed by atoms with E-state index in [-0.39, 0.29) is 34.1 Å². The minimum Gasteiger partial charge on any atom is -0.505 e. The molecule has 0 aliphatic carbocycles. The fourth-order valence-electron chi connectivity index (χ4n) is 3.40. The summed E-state index contributed by atoms with van der Waals surface area (Å²) in [4.78, 5) is 24.0. The molecule has 0 atom stereocenters. The first-order valence-corrected chi connectivity index (χ1v) is 10.1. The van der Waals surface area contributed by atoms with Crippen LogP contribution in [0.5, 0.6) is 5.75 Å². The van der Waals surface area contributed by atoms with Gasteiger partial charge >= 0.3 is 18.1 Å². The van der Waals surface area contributed by atoms with Crippen molar-refractivity contribution in [3.8, 4) is 16.9 Å². The second kappa shape index (κ2) is 8.93. The number of para-hydroxylation sites is 1. The van der Waals surface area contributed by atoms with Gasteiger partial charge in [0.05, 0.1) is 28.2 Å². The summed E-state index contributed by atoms with van der Waals surface area (Å²) in [6, 6.07) is 14.7. The molecular weight excluding hydrogens is 465 g/mol. The first-order chi connectivity index (χ1) is 16.6. The lowest BCUT2D eigenvalue weighted by Gasteiger charge is -2.13. The maximum Gasteiger partial charge on any atom is 0.416 e. The van der Waals surface area contributed by atoms with Crippen LogP contribution in [-0.2, 0) is 11.0 Å². The average molecular weight is 482 g/mol. The van der Waals surface area contributed by atoms with Gasteiger partial charge in [-0.3, -0.25) is 10.2 Å². The number of nitrogens with one attached hydrogen (secondary N) is 1. The van der Waals surface area contributed by atoms with Gasteiger partial charge in [-0.05, 0) is 55.0 Å². The number of carbonyl (C=O) groups excluding carboxylic acids is 1. The zero-order valence-corrected chi connectivity index (χ0v) is 18.0. The number of phenolic OH excluding ortho intramolecular Hbond substituents is 1. The van der Waals surface area contributed by atoms with Crippen LogP contribution in [0.4, 0.5) is 24.5 Å². The lowest BCUT2D eigenvalue weighted by atomic mass is 10.0. The molecule has 3 aromatic rings. The van der Waals surface area contributed by atoms with E-state index in [0.29, 0.717) is 11.1 Å². The van der Waals surface area contributed by atoms with E-state index in [1.807, 2.05) is 0 Å². The van der Waals surface area contributed by atoms with Crippen molar-refractivity contribution in [3.63, 3.8) is 0 Å². The highest BCUT2D eigenvalue weighted by Crippen LogP contribution is 2.36. The summed E-state index contributed by atoms with van der Waals surface area (Å²) >= 11 is 0. The Kier molecular flexibility index (Phi) is 6.00. The summed E-state index contributed by atoms with van der Waals surface area (Å²) in [5.74, 6) is -2.00. The highest BCUT2D eigenvalue weighted by molar-refractivity contribution is 6.71. The number of carbonyl (C=O) groups is 2. The lowest BCUT2D eigenvalue weighted by molar-refractivity contribution is -0.137. The van der Waals surface area contributed by atoms with Crippen LogP contribution in [0, 0.1) is 0 Å². The SMILES string of the molecule is CC1=NN(c2ccc(C(F)(F)F)cc2)C(=O)C1=NNc1cccc(-c2cccc(C(=O)O)c2)c1O. The number of hydrogen-bond donors (Lipinski definition) is 3. The number of carboxylic acid groups (broad SMARTS) is 1. The van der Waals surface area contributed by atoms with Crippen molar-refractivity contribution in [2.75, 3.05) is 10.4 Å². The Bertz CT molecular complexity index is 1380. The molecule has 8 nitrogen and oxygen atoms in total. The van der Waals surface area contributed by atoms with E-state index in [1.165, 1.54) is 25.1 Å². The number of aromatic hydroxyl groups is 1. The van der Waals surface area contributed by atoms with Crippen LogP contribution in [0.2, 0.25) is 0 Å². The molecule has 1 aliphatic heterocycles. The van der Waals surface area contributed by atoms with Gasteiger partial charge in [-0.1, -0.05) is 24.3 Å². The minimum absolute atomic E-state index is 0.0484. The molecule has 1 amide bonds. The van der Waals surface area contributed by atoms with Crippen LogP contribution >= 0.6 is 0 Å². The van der Waals surface area contributed by atoms with Crippen molar-refractivity contribution >= 4 is 34.7 Å². The van der Waals surface area contributed by atoms with E-state index in [2.05, 4.69) is 15.6 Å². The molecule has 1 aliphatic rings. The summed E-state index contributed by atoms with van der Waals surface area (Å²) in [7, 11) is 0. The summed E-state index contributed by atoms with van der Waals surface area (Å²) < 4.78 is 38.4. The van der Waals surface area contributed by atoms with Crippen LogP contribution in [-0.4, -0.2) is 33.5 Å². The van der Waals surface area contributed by atoms with Gasteiger partial charge in [-0.15, -0.1) is 0 Å². The monoisotopic (exact) mass is 482 g/mol. The maximum atomic E-state index is 12.8. The number of amides is 1.